The zero-order valence-electron chi connectivity index (χ0n) is 16.0. The molecule has 0 spiro atoms. The second kappa shape index (κ2) is 7.59. The maximum absolute atomic E-state index is 12.6. The summed E-state index contributed by atoms with van der Waals surface area (Å²) in [6.07, 6.45) is 3.09. The maximum Gasteiger partial charge on any atom is 0.231 e. The van der Waals surface area contributed by atoms with E-state index in [-0.39, 0.29) is 18.8 Å². The first-order chi connectivity index (χ1) is 14.2. The molecule has 8 nitrogen and oxygen atoms in total. The van der Waals surface area contributed by atoms with E-state index < -0.39 is 6.10 Å². The van der Waals surface area contributed by atoms with Crippen LogP contribution in [0.2, 0.25) is 0 Å². The van der Waals surface area contributed by atoms with E-state index >= 15 is 0 Å². The number of hydrogen-bond donors (Lipinski definition) is 1. The summed E-state index contributed by atoms with van der Waals surface area (Å²) < 4.78 is 21.9. The summed E-state index contributed by atoms with van der Waals surface area (Å²) in [4.78, 5) is 14.5. The summed E-state index contributed by atoms with van der Waals surface area (Å²) in [5.41, 5.74) is 0. The van der Waals surface area contributed by atoms with Gasteiger partial charge in [-0.3, -0.25) is 4.79 Å². The Hall–Kier alpha value is -2.74. The largest absolute Gasteiger partial charge is 0.488 e. The third-order valence-corrected chi connectivity index (χ3v) is 6.15. The van der Waals surface area contributed by atoms with Crippen LogP contribution >= 0.6 is 0 Å². The SMILES string of the molecule is O=C(CCc1ccno1)N1C[C@H]2C[C@@H](Oc3ccc4c(c3)OCO4)[C@H](O)C[C@H]2C1. The van der Waals surface area contributed by atoms with Crippen LogP contribution in [0.4, 0.5) is 0 Å². The number of likely N-dealkylation sites (tertiary alicyclic amines) is 1. The Balaban J connectivity index is 1.18. The Labute approximate surface area is 168 Å². The lowest BCUT2D eigenvalue weighted by Crippen LogP contribution is -2.42. The van der Waals surface area contributed by atoms with Crippen molar-refractivity contribution in [2.75, 3.05) is 19.9 Å². The monoisotopic (exact) mass is 400 g/mol. The molecule has 1 amide bonds. The number of fused-ring (bicyclic) bond motifs is 2. The number of rotatable bonds is 5. The molecule has 8 heteroatoms. The van der Waals surface area contributed by atoms with E-state index in [0.717, 1.165) is 12.2 Å². The van der Waals surface area contributed by atoms with Gasteiger partial charge in [0, 0.05) is 38.1 Å². The Morgan fingerprint density at radius 1 is 1.17 bits per heavy atom. The highest BCUT2D eigenvalue weighted by Gasteiger charge is 2.43. The fourth-order valence-electron chi connectivity index (χ4n) is 4.60. The molecule has 0 unspecified atom stereocenters. The van der Waals surface area contributed by atoms with Gasteiger partial charge in [-0.1, -0.05) is 5.16 Å². The summed E-state index contributed by atoms with van der Waals surface area (Å²) in [6.45, 7) is 1.64. The molecule has 4 atom stereocenters. The second-order valence-electron chi connectivity index (χ2n) is 8.01. The van der Waals surface area contributed by atoms with E-state index in [1.807, 2.05) is 17.0 Å². The zero-order valence-corrected chi connectivity index (χ0v) is 16.0. The van der Waals surface area contributed by atoms with Gasteiger partial charge in [-0.15, -0.1) is 0 Å². The smallest absolute Gasteiger partial charge is 0.231 e. The van der Waals surface area contributed by atoms with Crippen LogP contribution < -0.4 is 14.2 Å². The Morgan fingerprint density at radius 2 is 2.00 bits per heavy atom. The van der Waals surface area contributed by atoms with E-state index in [1.54, 1.807) is 18.3 Å². The molecule has 29 heavy (non-hydrogen) atoms. The topological polar surface area (TPSA) is 94.3 Å². The van der Waals surface area contributed by atoms with Crippen molar-refractivity contribution >= 4 is 5.91 Å². The third kappa shape index (κ3) is 3.76. The lowest BCUT2D eigenvalue weighted by atomic mass is 9.78. The van der Waals surface area contributed by atoms with Gasteiger partial charge in [0.05, 0.1) is 12.3 Å². The molecule has 2 aliphatic heterocycles. The van der Waals surface area contributed by atoms with Gasteiger partial charge >= 0.3 is 0 Å². The number of ether oxygens (including phenoxy) is 3. The van der Waals surface area contributed by atoms with Gasteiger partial charge < -0.3 is 28.7 Å². The van der Waals surface area contributed by atoms with E-state index in [9.17, 15) is 9.90 Å². The number of benzene rings is 1. The van der Waals surface area contributed by atoms with Gasteiger partial charge in [0.25, 0.3) is 0 Å². The van der Waals surface area contributed by atoms with Crippen molar-refractivity contribution in [3.8, 4) is 17.2 Å². The van der Waals surface area contributed by atoms with Gasteiger partial charge in [-0.25, -0.2) is 0 Å². The van der Waals surface area contributed by atoms with Crippen LogP contribution in [0, 0.1) is 11.8 Å². The number of carbonyl (C=O) groups excluding carboxylic acids is 1. The summed E-state index contributed by atoms with van der Waals surface area (Å²) >= 11 is 0. The van der Waals surface area contributed by atoms with Crippen LogP contribution in [0.15, 0.2) is 35.0 Å². The number of hydrogen-bond acceptors (Lipinski definition) is 7. The van der Waals surface area contributed by atoms with Crippen molar-refractivity contribution < 1.29 is 28.6 Å². The number of aromatic nitrogens is 1. The number of nitrogens with zero attached hydrogens (tertiary/aromatic N) is 2. The lowest BCUT2D eigenvalue weighted by Gasteiger charge is -2.35. The minimum absolute atomic E-state index is 0.124. The normalized spacial score (nSPS) is 27.7. The minimum Gasteiger partial charge on any atom is -0.488 e. The maximum atomic E-state index is 12.6. The molecular weight excluding hydrogens is 376 g/mol. The van der Waals surface area contributed by atoms with Crippen LogP contribution in [0.25, 0.3) is 0 Å². The molecule has 2 fully saturated rings. The van der Waals surface area contributed by atoms with Crippen molar-refractivity contribution in [2.24, 2.45) is 11.8 Å². The molecule has 0 bridgehead atoms. The Morgan fingerprint density at radius 3 is 2.83 bits per heavy atom. The molecule has 154 valence electrons. The highest BCUT2D eigenvalue weighted by Crippen LogP contribution is 2.40. The van der Waals surface area contributed by atoms with E-state index in [0.29, 0.717) is 61.4 Å². The quantitative estimate of drug-likeness (QED) is 0.820. The molecule has 1 N–H and O–H groups in total. The van der Waals surface area contributed by atoms with Crippen molar-refractivity contribution in [1.29, 1.82) is 0 Å². The van der Waals surface area contributed by atoms with Crippen molar-refractivity contribution in [3.63, 3.8) is 0 Å². The van der Waals surface area contributed by atoms with Gasteiger partial charge in [0.1, 0.15) is 17.6 Å². The Kier molecular flexibility index (Phi) is 4.79. The zero-order chi connectivity index (χ0) is 19.8. The number of aryl methyl sites for hydroxylation is 1. The van der Waals surface area contributed by atoms with Gasteiger partial charge in [0.15, 0.2) is 11.5 Å². The molecular formula is C21H24N2O6. The number of carbonyl (C=O) groups is 1. The second-order valence-corrected chi connectivity index (χ2v) is 8.01. The van der Waals surface area contributed by atoms with E-state index in [2.05, 4.69) is 5.16 Å². The average molecular weight is 400 g/mol. The number of amides is 1. The van der Waals surface area contributed by atoms with Crippen LogP contribution in [0.5, 0.6) is 17.2 Å². The van der Waals surface area contributed by atoms with Gasteiger partial charge in [0.2, 0.25) is 12.7 Å². The number of aliphatic hydroxyl groups is 1. The Bertz CT molecular complexity index is 870. The predicted molar refractivity (Wildman–Crippen MR) is 101 cm³/mol. The highest BCUT2D eigenvalue weighted by atomic mass is 16.7. The third-order valence-electron chi connectivity index (χ3n) is 6.15. The predicted octanol–water partition coefficient (Wildman–Crippen LogP) is 2.01. The van der Waals surface area contributed by atoms with Crippen LogP contribution in [0.1, 0.15) is 25.0 Å². The first-order valence-corrected chi connectivity index (χ1v) is 10.1. The first-order valence-electron chi connectivity index (χ1n) is 10.1. The van der Waals surface area contributed by atoms with Crippen LogP contribution in [-0.2, 0) is 11.2 Å². The molecule has 1 aromatic heterocycles. The molecule has 2 aromatic rings. The van der Waals surface area contributed by atoms with E-state index in [1.165, 1.54) is 0 Å². The average Bonchev–Trinajstić information content (AvgIpc) is 3.46. The van der Waals surface area contributed by atoms with Gasteiger partial charge in [-0.2, -0.15) is 0 Å². The first kappa shape index (κ1) is 18.3. The fraction of sp³-hybridized carbons (Fsp3) is 0.524. The summed E-state index contributed by atoms with van der Waals surface area (Å²) in [6, 6.07) is 7.24. The standard InChI is InChI=1S/C21H24N2O6/c24-17-7-13-10-23(21(25)4-2-15-5-6-22-29-15)11-14(13)8-19(17)28-16-1-3-18-20(9-16)27-12-26-18/h1,3,5-6,9,13-14,17,19,24H,2,4,7-8,10-12H2/t13-,14+,17+,19+/m0/s1. The minimum atomic E-state index is -0.550. The summed E-state index contributed by atoms with van der Waals surface area (Å²) in [5, 5.41) is 14.3. The molecule has 1 saturated heterocycles. The summed E-state index contributed by atoms with van der Waals surface area (Å²) in [7, 11) is 0. The number of aliphatic hydroxyl groups excluding tert-OH is 1. The van der Waals surface area contributed by atoms with E-state index in [4.69, 9.17) is 18.7 Å². The lowest BCUT2D eigenvalue weighted by molar-refractivity contribution is -0.130. The molecule has 1 aliphatic carbocycles. The molecule has 1 saturated carbocycles. The molecule has 5 rings (SSSR count). The van der Waals surface area contributed by atoms with Crippen LogP contribution in [0.3, 0.4) is 0 Å². The van der Waals surface area contributed by atoms with Crippen molar-refractivity contribution in [2.45, 2.75) is 37.9 Å². The van der Waals surface area contributed by atoms with Crippen molar-refractivity contribution in [3.05, 3.63) is 36.2 Å². The molecule has 3 heterocycles. The van der Waals surface area contributed by atoms with Crippen LogP contribution in [-0.4, -0.2) is 53.2 Å². The molecule has 0 radical (unpaired) electrons. The van der Waals surface area contributed by atoms with Crippen molar-refractivity contribution in [1.82, 2.24) is 10.1 Å². The fourth-order valence-corrected chi connectivity index (χ4v) is 4.60. The molecule has 1 aromatic carbocycles. The summed E-state index contributed by atoms with van der Waals surface area (Å²) in [5.74, 6) is 3.53. The molecule has 3 aliphatic rings. The van der Waals surface area contributed by atoms with Gasteiger partial charge in [-0.05, 0) is 36.8 Å². The highest BCUT2D eigenvalue weighted by molar-refractivity contribution is 5.76.